The molecule has 0 amide bonds. The maximum absolute atomic E-state index is 8.73. The Labute approximate surface area is 117 Å². The molecule has 0 spiro atoms. The van der Waals surface area contributed by atoms with E-state index < -0.39 is 0 Å². The largest absolute Gasteiger partial charge is 0.409 e. The van der Waals surface area contributed by atoms with Crippen molar-refractivity contribution in [2.75, 3.05) is 13.2 Å². The molecule has 0 radical (unpaired) electrons. The second-order valence-corrected chi connectivity index (χ2v) is 5.28. The molecule has 1 aliphatic heterocycles. The molecule has 1 saturated heterocycles. The maximum atomic E-state index is 8.73. The number of fused-ring (bicyclic) bond motifs is 1. The summed E-state index contributed by atoms with van der Waals surface area (Å²) in [5.41, 5.74) is 7.55. The molecule has 3 rings (SSSR count). The number of ether oxygens (including phenoxy) is 1. The second-order valence-electron chi connectivity index (χ2n) is 5.28. The number of nitrogens with zero attached hydrogens (tertiary/aromatic N) is 2. The number of hydrogen-bond donors (Lipinski definition) is 2. The van der Waals surface area contributed by atoms with Gasteiger partial charge in [-0.2, -0.15) is 0 Å². The van der Waals surface area contributed by atoms with Crippen molar-refractivity contribution in [2.45, 2.75) is 19.4 Å². The molecule has 5 nitrogen and oxygen atoms in total. The van der Waals surface area contributed by atoms with E-state index in [0.717, 1.165) is 43.5 Å². The van der Waals surface area contributed by atoms with E-state index in [1.165, 1.54) is 5.52 Å². The summed E-state index contributed by atoms with van der Waals surface area (Å²) in [6.07, 6.45) is 4.36. The first-order valence-electron chi connectivity index (χ1n) is 6.92. The normalized spacial score (nSPS) is 17.7. The average Bonchev–Trinajstić information content (AvgIpc) is 2.90. The summed E-state index contributed by atoms with van der Waals surface area (Å²) in [4.78, 5) is 0. The quantitative estimate of drug-likeness (QED) is 0.389. The number of hydrogen-bond acceptors (Lipinski definition) is 3. The molecule has 1 fully saturated rings. The zero-order chi connectivity index (χ0) is 13.9. The molecule has 1 aromatic heterocycles. The molecule has 20 heavy (non-hydrogen) atoms. The number of aromatic nitrogens is 1. The molecule has 106 valence electrons. The van der Waals surface area contributed by atoms with Crippen LogP contribution in [0.2, 0.25) is 0 Å². The van der Waals surface area contributed by atoms with Crippen LogP contribution < -0.4 is 5.73 Å². The minimum absolute atomic E-state index is 0.143. The van der Waals surface area contributed by atoms with Gasteiger partial charge in [0.25, 0.3) is 0 Å². The minimum Gasteiger partial charge on any atom is -0.409 e. The van der Waals surface area contributed by atoms with Crippen LogP contribution in [-0.2, 0) is 11.3 Å². The number of amidine groups is 1. The molecule has 2 aromatic rings. The van der Waals surface area contributed by atoms with Crippen LogP contribution in [0, 0.1) is 5.92 Å². The third-order valence-corrected chi connectivity index (χ3v) is 3.97. The van der Waals surface area contributed by atoms with Crippen LogP contribution in [0.15, 0.2) is 35.6 Å². The van der Waals surface area contributed by atoms with Gasteiger partial charge in [0.2, 0.25) is 0 Å². The molecule has 2 heterocycles. The highest BCUT2D eigenvalue weighted by atomic mass is 16.5. The standard InChI is InChI=1S/C15H19N3O2/c16-15(17-19)13-1-2-14-12(9-13)3-6-18(14)10-11-4-7-20-8-5-11/h1-3,6,9,11,19H,4-5,7-8,10H2,(H2,16,17). The van der Waals surface area contributed by atoms with Gasteiger partial charge in [0.1, 0.15) is 0 Å². The molecule has 0 atom stereocenters. The van der Waals surface area contributed by atoms with Crippen LogP contribution >= 0.6 is 0 Å². The first kappa shape index (κ1) is 13.0. The van der Waals surface area contributed by atoms with Crippen LogP contribution in [0.4, 0.5) is 0 Å². The zero-order valence-corrected chi connectivity index (χ0v) is 11.3. The maximum Gasteiger partial charge on any atom is 0.170 e. The van der Waals surface area contributed by atoms with Crippen LogP contribution in [0.25, 0.3) is 10.9 Å². The Hall–Kier alpha value is -2.01. The molecule has 0 aliphatic carbocycles. The lowest BCUT2D eigenvalue weighted by molar-refractivity contribution is 0.0616. The van der Waals surface area contributed by atoms with E-state index >= 15 is 0 Å². The summed E-state index contributed by atoms with van der Waals surface area (Å²) in [7, 11) is 0. The topological polar surface area (TPSA) is 72.8 Å². The van der Waals surface area contributed by atoms with Crippen molar-refractivity contribution in [1.82, 2.24) is 4.57 Å². The molecule has 3 N–H and O–H groups in total. The summed E-state index contributed by atoms with van der Waals surface area (Å²) in [6, 6.07) is 7.94. The smallest absolute Gasteiger partial charge is 0.170 e. The van der Waals surface area contributed by atoms with Gasteiger partial charge in [-0.05, 0) is 43.0 Å². The van der Waals surface area contributed by atoms with Crippen molar-refractivity contribution in [1.29, 1.82) is 0 Å². The molecule has 0 unspecified atom stereocenters. The van der Waals surface area contributed by atoms with E-state index in [4.69, 9.17) is 15.7 Å². The highest BCUT2D eigenvalue weighted by Crippen LogP contribution is 2.22. The van der Waals surface area contributed by atoms with Crippen molar-refractivity contribution >= 4 is 16.7 Å². The van der Waals surface area contributed by atoms with Gasteiger partial charge in [-0.15, -0.1) is 0 Å². The van der Waals surface area contributed by atoms with Gasteiger partial charge in [-0.1, -0.05) is 5.16 Å². The van der Waals surface area contributed by atoms with Gasteiger partial charge in [-0.3, -0.25) is 0 Å². The Morgan fingerprint density at radius 2 is 2.15 bits per heavy atom. The van der Waals surface area contributed by atoms with E-state index in [0.29, 0.717) is 5.92 Å². The lowest BCUT2D eigenvalue weighted by atomic mass is 10.0. The van der Waals surface area contributed by atoms with Gasteiger partial charge < -0.3 is 20.2 Å². The van der Waals surface area contributed by atoms with E-state index in [1.807, 2.05) is 18.2 Å². The minimum atomic E-state index is 0.143. The highest BCUT2D eigenvalue weighted by molar-refractivity contribution is 6.00. The Morgan fingerprint density at radius 3 is 2.90 bits per heavy atom. The number of rotatable bonds is 3. The average molecular weight is 273 g/mol. The van der Waals surface area contributed by atoms with Crippen LogP contribution in [0.1, 0.15) is 18.4 Å². The van der Waals surface area contributed by atoms with Crippen LogP contribution in [-0.4, -0.2) is 28.8 Å². The van der Waals surface area contributed by atoms with Crippen molar-refractivity contribution < 1.29 is 9.94 Å². The first-order chi connectivity index (χ1) is 9.78. The van der Waals surface area contributed by atoms with Gasteiger partial charge in [0, 0.05) is 42.4 Å². The lowest BCUT2D eigenvalue weighted by Crippen LogP contribution is -2.20. The lowest BCUT2D eigenvalue weighted by Gasteiger charge is -2.22. The van der Waals surface area contributed by atoms with Gasteiger partial charge in [0.15, 0.2) is 5.84 Å². The van der Waals surface area contributed by atoms with Gasteiger partial charge in [-0.25, -0.2) is 0 Å². The molecule has 0 saturated carbocycles. The van der Waals surface area contributed by atoms with Crippen LogP contribution in [0.5, 0.6) is 0 Å². The van der Waals surface area contributed by atoms with Crippen molar-refractivity contribution in [3.63, 3.8) is 0 Å². The summed E-state index contributed by atoms with van der Waals surface area (Å²) < 4.78 is 7.68. The van der Waals surface area contributed by atoms with Gasteiger partial charge >= 0.3 is 0 Å². The Bertz CT molecular complexity index is 627. The molecule has 1 aliphatic rings. The number of nitrogens with two attached hydrogens (primary N) is 1. The fourth-order valence-corrected chi connectivity index (χ4v) is 2.78. The molecule has 0 bridgehead atoms. The second kappa shape index (κ2) is 5.54. The van der Waals surface area contributed by atoms with Crippen molar-refractivity contribution in [3.8, 4) is 0 Å². The molecular formula is C15H19N3O2. The number of benzene rings is 1. The summed E-state index contributed by atoms with van der Waals surface area (Å²) in [6.45, 7) is 2.77. The fraction of sp³-hybridized carbons (Fsp3) is 0.400. The Balaban J connectivity index is 1.85. The highest BCUT2D eigenvalue weighted by Gasteiger charge is 2.15. The summed E-state index contributed by atoms with van der Waals surface area (Å²) in [5, 5.41) is 12.9. The summed E-state index contributed by atoms with van der Waals surface area (Å²) in [5.74, 6) is 0.826. The Morgan fingerprint density at radius 1 is 1.35 bits per heavy atom. The van der Waals surface area contributed by atoms with E-state index in [9.17, 15) is 0 Å². The van der Waals surface area contributed by atoms with Gasteiger partial charge in [0.05, 0.1) is 0 Å². The van der Waals surface area contributed by atoms with E-state index in [1.54, 1.807) is 0 Å². The van der Waals surface area contributed by atoms with E-state index in [2.05, 4.69) is 22.0 Å². The van der Waals surface area contributed by atoms with Crippen LogP contribution in [0.3, 0.4) is 0 Å². The predicted molar refractivity (Wildman–Crippen MR) is 78.0 cm³/mol. The number of oxime groups is 1. The van der Waals surface area contributed by atoms with Crippen molar-refractivity contribution in [3.05, 3.63) is 36.0 Å². The predicted octanol–water partition coefficient (Wildman–Crippen LogP) is 2.16. The third kappa shape index (κ3) is 2.49. The van der Waals surface area contributed by atoms with Crippen molar-refractivity contribution in [2.24, 2.45) is 16.8 Å². The first-order valence-corrected chi connectivity index (χ1v) is 6.92. The monoisotopic (exact) mass is 273 g/mol. The Kier molecular flexibility index (Phi) is 3.60. The van der Waals surface area contributed by atoms with E-state index in [-0.39, 0.29) is 5.84 Å². The molecular weight excluding hydrogens is 254 g/mol. The fourth-order valence-electron chi connectivity index (χ4n) is 2.78. The SMILES string of the molecule is N/C(=N/O)c1ccc2c(ccn2CC2CCOCC2)c1. The zero-order valence-electron chi connectivity index (χ0n) is 11.3. The molecule has 1 aromatic carbocycles. The third-order valence-electron chi connectivity index (χ3n) is 3.97. The molecule has 5 heteroatoms. The summed E-state index contributed by atoms with van der Waals surface area (Å²) >= 11 is 0.